The van der Waals surface area contributed by atoms with Crippen LogP contribution >= 0.6 is 0 Å². The standard InChI is InChI=1S/C11H16F2N2/c1-15(2)7-8(6-14)10-4-3-9(12)5-11(10)13/h3-5,8H,6-7,14H2,1-2H3. The van der Waals surface area contributed by atoms with E-state index in [1.54, 1.807) is 0 Å². The number of rotatable bonds is 4. The molecule has 0 spiro atoms. The van der Waals surface area contributed by atoms with Crippen molar-refractivity contribution in [2.24, 2.45) is 5.73 Å². The Balaban J connectivity index is 2.91. The van der Waals surface area contributed by atoms with Gasteiger partial charge in [-0.15, -0.1) is 0 Å². The fraction of sp³-hybridized carbons (Fsp3) is 0.455. The van der Waals surface area contributed by atoms with Crippen molar-refractivity contribution in [3.05, 3.63) is 35.4 Å². The van der Waals surface area contributed by atoms with Gasteiger partial charge in [0.25, 0.3) is 0 Å². The van der Waals surface area contributed by atoms with E-state index in [1.165, 1.54) is 12.1 Å². The molecule has 4 heteroatoms. The van der Waals surface area contributed by atoms with Crippen LogP contribution in [-0.4, -0.2) is 32.1 Å². The molecule has 1 aromatic carbocycles. The third kappa shape index (κ3) is 3.25. The highest BCUT2D eigenvalue weighted by atomic mass is 19.1. The Hall–Kier alpha value is -1.00. The zero-order valence-electron chi connectivity index (χ0n) is 9.00. The summed E-state index contributed by atoms with van der Waals surface area (Å²) in [6.45, 7) is 1.000. The molecule has 0 saturated heterocycles. The minimum Gasteiger partial charge on any atom is -0.330 e. The van der Waals surface area contributed by atoms with Crippen LogP contribution in [0, 0.1) is 11.6 Å². The van der Waals surface area contributed by atoms with E-state index in [0.29, 0.717) is 18.7 Å². The molecule has 0 bridgehead atoms. The fourth-order valence-corrected chi connectivity index (χ4v) is 1.57. The monoisotopic (exact) mass is 214 g/mol. The van der Waals surface area contributed by atoms with Crippen LogP contribution in [-0.2, 0) is 0 Å². The van der Waals surface area contributed by atoms with Crippen molar-refractivity contribution in [1.29, 1.82) is 0 Å². The summed E-state index contributed by atoms with van der Waals surface area (Å²) in [7, 11) is 3.79. The molecule has 0 aliphatic carbocycles. The van der Waals surface area contributed by atoms with E-state index in [-0.39, 0.29) is 5.92 Å². The molecule has 0 fully saturated rings. The van der Waals surface area contributed by atoms with Crippen LogP contribution in [0.5, 0.6) is 0 Å². The van der Waals surface area contributed by atoms with Gasteiger partial charge in [-0.3, -0.25) is 0 Å². The van der Waals surface area contributed by atoms with Gasteiger partial charge in [0.2, 0.25) is 0 Å². The normalized spacial score (nSPS) is 13.2. The molecule has 0 aliphatic rings. The van der Waals surface area contributed by atoms with Gasteiger partial charge in [-0.1, -0.05) is 6.07 Å². The lowest BCUT2D eigenvalue weighted by atomic mass is 9.98. The van der Waals surface area contributed by atoms with Crippen molar-refractivity contribution < 1.29 is 8.78 Å². The Labute approximate surface area is 88.7 Å². The van der Waals surface area contributed by atoms with Crippen LogP contribution < -0.4 is 5.73 Å². The first-order valence-corrected chi connectivity index (χ1v) is 4.84. The van der Waals surface area contributed by atoms with Crippen molar-refractivity contribution in [1.82, 2.24) is 4.90 Å². The first-order valence-electron chi connectivity index (χ1n) is 4.84. The summed E-state index contributed by atoms with van der Waals surface area (Å²) in [4.78, 5) is 1.93. The zero-order chi connectivity index (χ0) is 11.4. The third-order valence-electron chi connectivity index (χ3n) is 2.27. The van der Waals surface area contributed by atoms with E-state index < -0.39 is 11.6 Å². The quantitative estimate of drug-likeness (QED) is 0.824. The molecule has 1 atom stereocenters. The Bertz CT molecular complexity index is 326. The van der Waals surface area contributed by atoms with Gasteiger partial charge in [0.15, 0.2) is 0 Å². The van der Waals surface area contributed by atoms with E-state index in [2.05, 4.69) is 0 Å². The molecule has 0 saturated carbocycles. The topological polar surface area (TPSA) is 29.3 Å². The van der Waals surface area contributed by atoms with E-state index in [1.807, 2.05) is 19.0 Å². The van der Waals surface area contributed by atoms with Gasteiger partial charge in [0, 0.05) is 25.1 Å². The number of nitrogens with two attached hydrogens (primary N) is 1. The molecule has 0 amide bonds. The molecule has 1 rings (SSSR count). The highest BCUT2D eigenvalue weighted by Gasteiger charge is 2.15. The summed E-state index contributed by atoms with van der Waals surface area (Å²) >= 11 is 0. The number of benzene rings is 1. The predicted molar refractivity (Wildman–Crippen MR) is 56.7 cm³/mol. The number of hydrogen-bond donors (Lipinski definition) is 1. The molecular formula is C11H16F2N2. The van der Waals surface area contributed by atoms with Crippen LogP contribution in [0.15, 0.2) is 18.2 Å². The van der Waals surface area contributed by atoms with Crippen molar-refractivity contribution in [2.75, 3.05) is 27.2 Å². The second kappa shape index (κ2) is 5.19. The van der Waals surface area contributed by atoms with Crippen LogP contribution in [0.1, 0.15) is 11.5 Å². The van der Waals surface area contributed by atoms with E-state index >= 15 is 0 Å². The molecule has 1 unspecified atom stereocenters. The van der Waals surface area contributed by atoms with Gasteiger partial charge >= 0.3 is 0 Å². The summed E-state index contributed by atoms with van der Waals surface area (Å²) in [6.07, 6.45) is 0. The summed E-state index contributed by atoms with van der Waals surface area (Å²) in [6, 6.07) is 3.62. The number of hydrogen-bond acceptors (Lipinski definition) is 2. The maximum atomic E-state index is 13.4. The minimum absolute atomic E-state index is 0.0967. The van der Waals surface area contributed by atoms with Gasteiger partial charge in [-0.05, 0) is 25.7 Å². The maximum Gasteiger partial charge on any atom is 0.129 e. The van der Waals surface area contributed by atoms with Gasteiger partial charge < -0.3 is 10.6 Å². The molecule has 1 aromatic rings. The first-order chi connectivity index (χ1) is 7.04. The molecule has 0 radical (unpaired) electrons. The largest absolute Gasteiger partial charge is 0.330 e. The van der Waals surface area contributed by atoms with Crippen molar-refractivity contribution in [2.45, 2.75) is 5.92 Å². The lowest BCUT2D eigenvalue weighted by molar-refractivity contribution is 0.370. The Morgan fingerprint density at radius 2 is 2.00 bits per heavy atom. The molecule has 0 aliphatic heterocycles. The lowest BCUT2D eigenvalue weighted by Crippen LogP contribution is -2.26. The Morgan fingerprint density at radius 1 is 1.33 bits per heavy atom. The average Bonchev–Trinajstić information content (AvgIpc) is 2.14. The summed E-state index contributed by atoms with van der Waals surface area (Å²) < 4.78 is 26.1. The number of likely N-dealkylation sites (N-methyl/N-ethyl adjacent to an activating group) is 1. The van der Waals surface area contributed by atoms with E-state index in [0.717, 1.165) is 6.07 Å². The van der Waals surface area contributed by atoms with Gasteiger partial charge in [0.1, 0.15) is 11.6 Å². The maximum absolute atomic E-state index is 13.4. The van der Waals surface area contributed by atoms with Crippen molar-refractivity contribution >= 4 is 0 Å². The molecule has 2 N–H and O–H groups in total. The Kier molecular flexibility index (Phi) is 4.17. The second-order valence-electron chi connectivity index (χ2n) is 3.86. The minimum atomic E-state index is -0.558. The smallest absolute Gasteiger partial charge is 0.129 e. The molecular weight excluding hydrogens is 198 g/mol. The SMILES string of the molecule is CN(C)CC(CN)c1ccc(F)cc1F. The van der Waals surface area contributed by atoms with Crippen molar-refractivity contribution in [3.8, 4) is 0 Å². The highest BCUT2D eigenvalue weighted by molar-refractivity contribution is 5.23. The number of halogens is 2. The summed E-state index contributed by atoms with van der Waals surface area (Å²) in [5, 5.41) is 0. The molecule has 0 aromatic heterocycles. The van der Waals surface area contributed by atoms with Crippen LogP contribution in [0.25, 0.3) is 0 Å². The molecule has 0 heterocycles. The summed E-state index contributed by atoms with van der Waals surface area (Å²) in [5.74, 6) is -1.18. The van der Waals surface area contributed by atoms with Crippen molar-refractivity contribution in [3.63, 3.8) is 0 Å². The van der Waals surface area contributed by atoms with Crippen LogP contribution in [0.3, 0.4) is 0 Å². The highest BCUT2D eigenvalue weighted by Crippen LogP contribution is 2.19. The van der Waals surface area contributed by atoms with Gasteiger partial charge in [-0.25, -0.2) is 8.78 Å². The lowest BCUT2D eigenvalue weighted by Gasteiger charge is -2.20. The predicted octanol–water partition coefficient (Wildman–Crippen LogP) is 1.57. The third-order valence-corrected chi connectivity index (χ3v) is 2.27. The Morgan fingerprint density at radius 3 is 2.47 bits per heavy atom. The number of nitrogens with zero attached hydrogens (tertiary/aromatic N) is 1. The van der Waals surface area contributed by atoms with Gasteiger partial charge in [-0.2, -0.15) is 0 Å². The molecule has 15 heavy (non-hydrogen) atoms. The van der Waals surface area contributed by atoms with E-state index in [9.17, 15) is 8.78 Å². The van der Waals surface area contributed by atoms with Crippen LogP contribution in [0.2, 0.25) is 0 Å². The average molecular weight is 214 g/mol. The summed E-state index contributed by atoms with van der Waals surface area (Å²) in [5.41, 5.74) is 6.05. The fourth-order valence-electron chi connectivity index (χ4n) is 1.57. The first kappa shape index (κ1) is 12.1. The van der Waals surface area contributed by atoms with E-state index in [4.69, 9.17) is 5.73 Å². The molecule has 84 valence electrons. The van der Waals surface area contributed by atoms with Crippen LogP contribution in [0.4, 0.5) is 8.78 Å². The second-order valence-corrected chi connectivity index (χ2v) is 3.86. The molecule has 2 nitrogen and oxygen atoms in total. The zero-order valence-corrected chi connectivity index (χ0v) is 9.00. The van der Waals surface area contributed by atoms with Gasteiger partial charge in [0.05, 0.1) is 0 Å².